The summed E-state index contributed by atoms with van der Waals surface area (Å²) in [5.41, 5.74) is 1.07. The molecule has 0 bridgehead atoms. The Labute approximate surface area is 98.0 Å². The Bertz CT molecular complexity index is 307. The van der Waals surface area contributed by atoms with Crippen LogP contribution in [0.1, 0.15) is 12.0 Å². The molecule has 1 aromatic rings. The van der Waals surface area contributed by atoms with E-state index in [9.17, 15) is 4.39 Å². The minimum absolute atomic E-state index is 0.335. The van der Waals surface area contributed by atoms with Gasteiger partial charge in [0.25, 0.3) is 0 Å². The Kier molecular flexibility index (Phi) is 5.65. The topological polar surface area (TPSA) is 21.3 Å². The van der Waals surface area contributed by atoms with E-state index in [-0.39, 0.29) is 6.67 Å². The van der Waals surface area contributed by atoms with Gasteiger partial charge in [-0.3, -0.25) is 4.39 Å². The van der Waals surface area contributed by atoms with Crippen molar-refractivity contribution in [3.63, 3.8) is 0 Å². The van der Waals surface area contributed by atoms with Crippen LogP contribution >= 0.6 is 15.9 Å². The Morgan fingerprint density at radius 1 is 1.47 bits per heavy atom. The van der Waals surface area contributed by atoms with Crippen molar-refractivity contribution in [2.24, 2.45) is 0 Å². The molecule has 0 aromatic heterocycles. The van der Waals surface area contributed by atoms with Crippen molar-refractivity contribution in [2.75, 3.05) is 20.3 Å². The van der Waals surface area contributed by atoms with Crippen LogP contribution in [-0.2, 0) is 6.54 Å². The Morgan fingerprint density at radius 2 is 2.27 bits per heavy atom. The zero-order valence-corrected chi connectivity index (χ0v) is 10.3. The first-order valence-electron chi connectivity index (χ1n) is 4.89. The van der Waals surface area contributed by atoms with Crippen molar-refractivity contribution in [1.82, 2.24) is 5.32 Å². The number of halogens is 2. The van der Waals surface area contributed by atoms with Gasteiger partial charge in [-0.1, -0.05) is 15.9 Å². The fraction of sp³-hybridized carbons (Fsp3) is 0.455. The lowest BCUT2D eigenvalue weighted by Gasteiger charge is -2.11. The fourth-order valence-corrected chi connectivity index (χ4v) is 1.66. The van der Waals surface area contributed by atoms with E-state index in [4.69, 9.17) is 4.74 Å². The van der Waals surface area contributed by atoms with Gasteiger partial charge in [0.05, 0.1) is 13.3 Å². The van der Waals surface area contributed by atoms with Gasteiger partial charge in [-0.2, -0.15) is 0 Å². The molecule has 0 radical (unpaired) electrons. The van der Waals surface area contributed by atoms with E-state index in [0.717, 1.165) is 22.3 Å². The number of benzene rings is 1. The predicted molar refractivity (Wildman–Crippen MR) is 63.0 cm³/mol. The van der Waals surface area contributed by atoms with Gasteiger partial charge in [0, 0.05) is 23.0 Å². The van der Waals surface area contributed by atoms with Gasteiger partial charge in [0.2, 0.25) is 0 Å². The quantitative estimate of drug-likeness (QED) is 0.807. The maximum absolute atomic E-state index is 11.9. The van der Waals surface area contributed by atoms with Gasteiger partial charge in [-0.15, -0.1) is 0 Å². The highest BCUT2D eigenvalue weighted by Gasteiger charge is 2.03. The summed E-state index contributed by atoms with van der Waals surface area (Å²) in [5, 5.41) is 3.07. The molecule has 1 rings (SSSR count). The number of hydrogen-bond donors (Lipinski definition) is 1. The second kappa shape index (κ2) is 6.80. The minimum Gasteiger partial charge on any atom is -0.493 e. The molecule has 0 heterocycles. The van der Waals surface area contributed by atoms with E-state index >= 15 is 0 Å². The van der Waals surface area contributed by atoms with Crippen LogP contribution in [0.15, 0.2) is 22.7 Å². The van der Waals surface area contributed by atoms with Gasteiger partial charge >= 0.3 is 0 Å². The third-order valence-corrected chi connectivity index (χ3v) is 2.42. The number of nitrogens with one attached hydrogen (secondary N) is 1. The molecule has 0 aliphatic heterocycles. The van der Waals surface area contributed by atoms with Gasteiger partial charge in [0.1, 0.15) is 5.75 Å². The third kappa shape index (κ3) is 4.18. The fourth-order valence-electron chi connectivity index (χ4n) is 1.25. The maximum Gasteiger partial charge on any atom is 0.123 e. The Morgan fingerprint density at radius 3 is 2.93 bits per heavy atom. The van der Waals surface area contributed by atoms with Crippen LogP contribution in [0.2, 0.25) is 0 Å². The van der Waals surface area contributed by atoms with E-state index in [1.807, 2.05) is 25.2 Å². The van der Waals surface area contributed by atoms with Crippen LogP contribution in [-0.4, -0.2) is 20.3 Å². The summed E-state index contributed by atoms with van der Waals surface area (Å²) in [4.78, 5) is 0. The Balaban J connectivity index is 2.67. The summed E-state index contributed by atoms with van der Waals surface area (Å²) in [7, 11) is 1.88. The monoisotopic (exact) mass is 275 g/mol. The highest BCUT2D eigenvalue weighted by atomic mass is 79.9. The number of rotatable bonds is 6. The zero-order chi connectivity index (χ0) is 11.1. The average Bonchev–Trinajstić information content (AvgIpc) is 2.22. The molecule has 15 heavy (non-hydrogen) atoms. The molecular weight excluding hydrogens is 261 g/mol. The molecule has 0 saturated heterocycles. The number of hydrogen-bond acceptors (Lipinski definition) is 2. The highest BCUT2D eigenvalue weighted by Crippen LogP contribution is 2.23. The van der Waals surface area contributed by atoms with Crippen molar-refractivity contribution >= 4 is 15.9 Å². The molecule has 0 saturated carbocycles. The van der Waals surface area contributed by atoms with Crippen LogP contribution in [0, 0.1) is 0 Å². The van der Waals surface area contributed by atoms with Gasteiger partial charge in [-0.05, 0) is 25.2 Å². The molecule has 0 spiro atoms. The van der Waals surface area contributed by atoms with Crippen LogP contribution in [0.5, 0.6) is 5.75 Å². The maximum atomic E-state index is 11.9. The molecule has 1 N–H and O–H groups in total. The molecule has 0 aliphatic rings. The third-order valence-electron chi connectivity index (χ3n) is 1.93. The first-order valence-corrected chi connectivity index (χ1v) is 5.69. The first-order chi connectivity index (χ1) is 7.27. The van der Waals surface area contributed by atoms with Crippen LogP contribution < -0.4 is 10.1 Å². The van der Waals surface area contributed by atoms with Gasteiger partial charge in [-0.25, -0.2) is 0 Å². The molecule has 0 atom stereocenters. The van der Waals surface area contributed by atoms with E-state index < -0.39 is 0 Å². The zero-order valence-electron chi connectivity index (χ0n) is 8.72. The van der Waals surface area contributed by atoms with Crippen molar-refractivity contribution in [3.8, 4) is 5.75 Å². The van der Waals surface area contributed by atoms with Crippen LogP contribution in [0.3, 0.4) is 0 Å². The largest absolute Gasteiger partial charge is 0.493 e. The van der Waals surface area contributed by atoms with Crippen LogP contribution in [0.25, 0.3) is 0 Å². The highest BCUT2D eigenvalue weighted by molar-refractivity contribution is 9.10. The SMILES string of the molecule is CNCc1cc(Br)ccc1OCCCF. The second-order valence-electron chi connectivity index (χ2n) is 3.17. The van der Waals surface area contributed by atoms with Crippen molar-refractivity contribution in [3.05, 3.63) is 28.2 Å². The lowest BCUT2D eigenvalue weighted by Crippen LogP contribution is -2.08. The Hall–Kier alpha value is -0.610. The molecule has 4 heteroatoms. The first kappa shape index (κ1) is 12.5. The minimum atomic E-state index is -0.335. The normalized spacial score (nSPS) is 10.3. The summed E-state index contributed by atoms with van der Waals surface area (Å²) in [6.07, 6.45) is 0.440. The van der Waals surface area contributed by atoms with Crippen molar-refractivity contribution < 1.29 is 9.13 Å². The molecule has 0 unspecified atom stereocenters. The van der Waals surface area contributed by atoms with Gasteiger partial charge < -0.3 is 10.1 Å². The molecule has 2 nitrogen and oxygen atoms in total. The van der Waals surface area contributed by atoms with Gasteiger partial charge in [0.15, 0.2) is 0 Å². The van der Waals surface area contributed by atoms with E-state index in [0.29, 0.717) is 13.0 Å². The van der Waals surface area contributed by atoms with Crippen molar-refractivity contribution in [1.29, 1.82) is 0 Å². The lowest BCUT2D eigenvalue weighted by molar-refractivity contribution is 0.287. The molecule has 0 aliphatic carbocycles. The smallest absolute Gasteiger partial charge is 0.123 e. The molecule has 1 aromatic carbocycles. The molecular formula is C11H15BrFNO. The average molecular weight is 276 g/mol. The van der Waals surface area contributed by atoms with Crippen molar-refractivity contribution in [2.45, 2.75) is 13.0 Å². The van der Waals surface area contributed by atoms with E-state index in [1.165, 1.54) is 0 Å². The summed E-state index contributed by atoms with van der Waals surface area (Å²) < 4.78 is 18.4. The number of ether oxygens (including phenoxy) is 1. The molecule has 84 valence electrons. The lowest BCUT2D eigenvalue weighted by atomic mass is 10.2. The summed E-state index contributed by atoms with van der Waals surface area (Å²) in [6.45, 7) is 0.830. The van der Waals surface area contributed by atoms with E-state index in [2.05, 4.69) is 21.2 Å². The molecule has 0 amide bonds. The van der Waals surface area contributed by atoms with E-state index in [1.54, 1.807) is 0 Å². The summed E-state index contributed by atoms with van der Waals surface area (Å²) >= 11 is 3.40. The second-order valence-corrected chi connectivity index (χ2v) is 4.09. The standard InChI is InChI=1S/C11H15BrFNO/c1-14-8-9-7-10(12)3-4-11(9)15-6-2-5-13/h3-4,7,14H,2,5-6,8H2,1H3. The predicted octanol–water partition coefficient (Wildman–Crippen LogP) is 2.91. The summed E-state index contributed by atoms with van der Waals surface area (Å²) in [6, 6.07) is 5.82. The van der Waals surface area contributed by atoms with Crippen LogP contribution in [0.4, 0.5) is 4.39 Å². The molecule has 0 fully saturated rings. The number of alkyl halides is 1. The summed E-state index contributed by atoms with van der Waals surface area (Å²) in [5.74, 6) is 0.820.